The topological polar surface area (TPSA) is 69.6 Å². The van der Waals surface area contributed by atoms with Crippen LogP contribution >= 0.6 is 0 Å². The molecule has 0 bridgehead atoms. The Morgan fingerprint density at radius 3 is 1.00 bits per heavy atom. The number of allylic oxidation sites excluding steroid dienone is 5. The molecule has 0 aliphatic rings. The maximum Gasteiger partial charge on any atom is 0.220 e. The van der Waals surface area contributed by atoms with E-state index < -0.39 is 12.1 Å². The molecule has 4 heteroatoms. The van der Waals surface area contributed by atoms with Crippen molar-refractivity contribution in [2.24, 2.45) is 0 Å². The summed E-state index contributed by atoms with van der Waals surface area (Å²) in [5, 5.41) is 23.0. The standard InChI is InChI=1S/C54H103NO3/c1-3-5-7-9-11-13-15-17-18-19-20-21-22-23-24-25-26-27-28-29-30-31-32-33-34-35-36-38-40-42-44-46-48-50-54(58)55-52(51-56)53(57)49-47-45-43-41-39-37-16-14-12-10-8-6-4-2/h23-24,39,41,47,49,52-53,56-57H,3-22,25-38,40,42-46,48,50-51H2,1-2H3,(H,55,58)/b24-23-,41-39+,49-47+. The van der Waals surface area contributed by atoms with Crippen molar-refractivity contribution in [2.45, 2.75) is 296 Å². The van der Waals surface area contributed by atoms with Crippen molar-refractivity contribution in [3.8, 4) is 0 Å². The molecule has 0 aliphatic carbocycles. The van der Waals surface area contributed by atoms with Crippen LogP contribution in [0.4, 0.5) is 0 Å². The van der Waals surface area contributed by atoms with Crippen molar-refractivity contribution in [3.63, 3.8) is 0 Å². The Kier molecular flexibility index (Phi) is 48.8. The lowest BCUT2D eigenvalue weighted by molar-refractivity contribution is -0.123. The van der Waals surface area contributed by atoms with Gasteiger partial charge in [-0.25, -0.2) is 0 Å². The van der Waals surface area contributed by atoms with Gasteiger partial charge in [-0.05, 0) is 57.8 Å². The second-order valence-electron chi connectivity index (χ2n) is 17.9. The molecule has 0 aromatic heterocycles. The van der Waals surface area contributed by atoms with Crippen LogP contribution in [-0.4, -0.2) is 34.9 Å². The van der Waals surface area contributed by atoms with E-state index in [1.165, 1.54) is 231 Å². The molecule has 0 heterocycles. The minimum Gasteiger partial charge on any atom is -0.394 e. The van der Waals surface area contributed by atoms with Crippen LogP contribution in [0.5, 0.6) is 0 Å². The Morgan fingerprint density at radius 2 is 0.672 bits per heavy atom. The van der Waals surface area contributed by atoms with Crippen molar-refractivity contribution in [2.75, 3.05) is 6.61 Å². The van der Waals surface area contributed by atoms with Gasteiger partial charge in [0.25, 0.3) is 0 Å². The highest BCUT2D eigenvalue weighted by Crippen LogP contribution is 2.16. The number of unbranched alkanes of at least 4 members (excludes halogenated alkanes) is 37. The van der Waals surface area contributed by atoms with Gasteiger partial charge in [-0.15, -0.1) is 0 Å². The minimum atomic E-state index is -0.859. The second-order valence-corrected chi connectivity index (χ2v) is 17.9. The van der Waals surface area contributed by atoms with Crippen molar-refractivity contribution in [1.82, 2.24) is 5.32 Å². The molecule has 0 aliphatic heterocycles. The molecule has 0 saturated heterocycles. The van der Waals surface area contributed by atoms with Crippen molar-refractivity contribution in [3.05, 3.63) is 36.5 Å². The number of amides is 1. The fourth-order valence-electron chi connectivity index (χ4n) is 8.07. The molecular formula is C54H103NO3. The molecule has 0 aromatic rings. The van der Waals surface area contributed by atoms with E-state index in [1.54, 1.807) is 6.08 Å². The van der Waals surface area contributed by atoms with E-state index in [1.807, 2.05) is 6.08 Å². The molecule has 0 rings (SSSR count). The molecule has 2 atom stereocenters. The van der Waals surface area contributed by atoms with E-state index in [0.717, 1.165) is 32.1 Å². The smallest absolute Gasteiger partial charge is 0.220 e. The number of hydrogen-bond donors (Lipinski definition) is 3. The lowest BCUT2D eigenvalue weighted by Crippen LogP contribution is -2.45. The summed E-state index contributed by atoms with van der Waals surface area (Å²) in [6.07, 6.45) is 67.3. The number of nitrogens with one attached hydrogen (secondary N) is 1. The molecular weight excluding hydrogens is 711 g/mol. The summed E-state index contributed by atoms with van der Waals surface area (Å²) < 4.78 is 0. The highest BCUT2D eigenvalue weighted by Gasteiger charge is 2.17. The Labute approximate surface area is 363 Å². The molecule has 0 fully saturated rings. The van der Waals surface area contributed by atoms with Gasteiger partial charge < -0.3 is 15.5 Å². The van der Waals surface area contributed by atoms with Gasteiger partial charge in [-0.2, -0.15) is 0 Å². The third-order valence-corrected chi connectivity index (χ3v) is 12.1. The maximum absolute atomic E-state index is 12.4. The Bertz CT molecular complexity index is 882. The van der Waals surface area contributed by atoms with Crippen molar-refractivity contribution < 1.29 is 15.0 Å². The summed E-state index contributed by atoms with van der Waals surface area (Å²) in [4.78, 5) is 12.4. The third-order valence-electron chi connectivity index (χ3n) is 12.1. The van der Waals surface area contributed by atoms with E-state index in [9.17, 15) is 15.0 Å². The number of aliphatic hydroxyl groups excluding tert-OH is 2. The summed E-state index contributed by atoms with van der Waals surface area (Å²) in [6, 6.07) is -0.636. The molecule has 342 valence electrons. The summed E-state index contributed by atoms with van der Waals surface area (Å²) in [5.74, 6) is -0.0711. The highest BCUT2D eigenvalue weighted by atomic mass is 16.3. The molecule has 0 spiro atoms. The molecule has 0 saturated carbocycles. The van der Waals surface area contributed by atoms with E-state index in [0.29, 0.717) is 6.42 Å². The molecule has 1 amide bonds. The van der Waals surface area contributed by atoms with Gasteiger partial charge in [0, 0.05) is 6.42 Å². The molecule has 2 unspecified atom stereocenters. The monoisotopic (exact) mass is 814 g/mol. The number of carbonyl (C=O) groups excluding carboxylic acids is 1. The first kappa shape index (κ1) is 56.6. The number of carbonyl (C=O) groups is 1. The van der Waals surface area contributed by atoms with Gasteiger partial charge in [0.1, 0.15) is 0 Å². The van der Waals surface area contributed by atoms with E-state index in [4.69, 9.17) is 0 Å². The van der Waals surface area contributed by atoms with E-state index in [-0.39, 0.29) is 12.5 Å². The van der Waals surface area contributed by atoms with Crippen LogP contribution in [0.25, 0.3) is 0 Å². The van der Waals surface area contributed by atoms with E-state index >= 15 is 0 Å². The lowest BCUT2D eigenvalue weighted by Gasteiger charge is -2.19. The van der Waals surface area contributed by atoms with Gasteiger partial charge in [-0.3, -0.25) is 4.79 Å². The highest BCUT2D eigenvalue weighted by molar-refractivity contribution is 5.76. The molecule has 58 heavy (non-hydrogen) atoms. The molecule has 0 aromatic carbocycles. The van der Waals surface area contributed by atoms with Crippen LogP contribution in [0.2, 0.25) is 0 Å². The maximum atomic E-state index is 12.4. The first-order valence-corrected chi connectivity index (χ1v) is 26.2. The van der Waals surface area contributed by atoms with Crippen LogP contribution in [0, 0.1) is 0 Å². The number of rotatable bonds is 48. The van der Waals surface area contributed by atoms with Crippen LogP contribution < -0.4 is 5.32 Å². The van der Waals surface area contributed by atoms with Gasteiger partial charge in [-0.1, -0.05) is 256 Å². The zero-order valence-electron chi connectivity index (χ0n) is 39.3. The van der Waals surface area contributed by atoms with Gasteiger partial charge >= 0.3 is 0 Å². The SMILES string of the molecule is CCCCCCCCC/C=C/CC/C=C/C(O)C(CO)NC(=O)CCCCCCCCCCCCCCCCCCC/C=C\CCCCCCCCCCCCCC. The summed E-state index contributed by atoms with van der Waals surface area (Å²) in [6.45, 7) is 4.30. The predicted octanol–water partition coefficient (Wildman–Crippen LogP) is 16.9. The number of hydrogen-bond acceptors (Lipinski definition) is 3. The van der Waals surface area contributed by atoms with Gasteiger partial charge in [0.15, 0.2) is 0 Å². The summed E-state index contributed by atoms with van der Waals surface area (Å²) >= 11 is 0. The van der Waals surface area contributed by atoms with Gasteiger partial charge in [0.2, 0.25) is 5.91 Å². The van der Waals surface area contributed by atoms with Crippen molar-refractivity contribution >= 4 is 5.91 Å². The fourth-order valence-corrected chi connectivity index (χ4v) is 8.07. The Morgan fingerprint density at radius 1 is 0.397 bits per heavy atom. The van der Waals surface area contributed by atoms with Crippen LogP contribution in [0.3, 0.4) is 0 Å². The molecule has 3 N–H and O–H groups in total. The largest absolute Gasteiger partial charge is 0.394 e. The third kappa shape index (κ3) is 45.7. The normalized spacial score (nSPS) is 13.1. The zero-order chi connectivity index (χ0) is 42.1. The summed E-state index contributed by atoms with van der Waals surface area (Å²) in [7, 11) is 0. The first-order chi connectivity index (χ1) is 28.7. The Hall–Kier alpha value is -1.39. The molecule has 0 radical (unpaired) electrons. The predicted molar refractivity (Wildman–Crippen MR) is 258 cm³/mol. The minimum absolute atomic E-state index is 0.0711. The number of aliphatic hydroxyl groups is 2. The average Bonchev–Trinajstić information content (AvgIpc) is 3.23. The second kappa shape index (κ2) is 50.0. The molecule has 4 nitrogen and oxygen atoms in total. The van der Waals surface area contributed by atoms with E-state index in [2.05, 4.69) is 43.5 Å². The zero-order valence-corrected chi connectivity index (χ0v) is 39.3. The van der Waals surface area contributed by atoms with Crippen LogP contribution in [0.1, 0.15) is 284 Å². The summed E-state index contributed by atoms with van der Waals surface area (Å²) in [5.41, 5.74) is 0. The van der Waals surface area contributed by atoms with Gasteiger partial charge in [0.05, 0.1) is 18.8 Å². The van der Waals surface area contributed by atoms with Crippen LogP contribution in [0.15, 0.2) is 36.5 Å². The van der Waals surface area contributed by atoms with Crippen LogP contribution in [-0.2, 0) is 4.79 Å². The quantitative estimate of drug-likeness (QED) is 0.0423. The van der Waals surface area contributed by atoms with Crippen molar-refractivity contribution in [1.29, 1.82) is 0 Å². The Balaban J connectivity index is 3.44. The fraction of sp³-hybridized carbons (Fsp3) is 0.870. The average molecular weight is 814 g/mol. The lowest BCUT2D eigenvalue weighted by atomic mass is 10.0. The first-order valence-electron chi connectivity index (χ1n) is 26.2.